The number of aromatic nitrogens is 1. The molecule has 5 nitrogen and oxygen atoms in total. The van der Waals surface area contributed by atoms with Crippen molar-refractivity contribution in [3.63, 3.8) is 0 Å². The Labute approximate surface area is 271 Å². The number of carboxylic acids is 1. The summed E-state index contributed by atoms with van der Waals surface area (Å²) in [5.41, 5.74) is 9.93. The number of hydrogen-bond donors (Lipinski definition) is 2. The molecule has 1 saturated carbocycles. The molecule has 5 aromatic rings. The van der Waals surface area contributed by atoms with Gasteiger partial charge < -0.3 is 15.1 Å². The molecule has 2 heterocycles. The highest BCUT2D eigenvalue weighted by atomic mass is 32.1. The summed E-state index contributed by atoms with van der Waals surface area (Å²) in [6.45, 7) is 3.90. The first-order chi connectivity index (χ1) is 21.9. The van der Waals surface area contributed by atoms with Gasteiger partial charge in [0.25, 0.3) is 0 Å². The minimum Gasteiger partial charge on any atom is -0.493 e. The smallest absolute Gasteiger partial charge is 0.323 e. The van der Waals surface area contributed by atoms with Crippen LogP contribution in [0.1, 0.15) is 57.9 Å². The molecule has 1 aliphatic heterocycles. The van der Waals surface area contributed by atoms with E-state index in [1.165, 1.54) is 56.0 Å². The van der Waals surface area contributed by atoms with Gasteiger partial charge in [-0.3, -0.25) is 9.36 Å². The van der Waals surface area contributed by atoms with Gasteiger partial charge in [0, 0.05) is 23.3 Å². The van der Waals surface area contributed by atoms with Crippen LogP contribution in [0.5, 0.6) is 5.88 Å². The molecule has 0 saturated heterocycles. The summed E-state index contributed by atoms with van der Waals surface area (Å²) in [6.07, 6.45) is 5.69. The zero-order valence-electron chi connectivity index (χ0n) is 24.6. The first-order valence-electron chi connectivity index (χ1n) is 15.1. The second-order valence-corrected chi connectivity index (χ2v) is 13.3. The van der Waals surface area contributed by atoms with Gasteiger partial charge in [-0.2, -0.15) is 0 Å². The van der Waals surface area contributed by atoms with E-state index in [9.17, 15) is 15.0 Å². The lowest BCUT2D eigenvalue weighted by Gasteiger charge is -2.27. The quantitative estimate of drug-likeness (QED) is 0.132. The summed E-state index contributed by atoms with van der Waals surface area (Å²) >= 11 is 6.53. The predicted molar refractivity (Wildman–Crippen MR) is 186 cm³/mol. The second kappa shape index (κ2) is 12.0. The molecule has 1 aliphatic carbocycles. The molecule has 45 heavy (non-hydrogen) atoms. The van der Waals surface area contributed by atoms with E-state index in [1.54, 1.807) is 0 Å². The van der Waals surface area contributed by atoms with Crippen molar-refractivity contribution >= 4 is 58.1 Å². The molecule has 0 spiro atoms. The van der Waals surface area contributed by atoms with E-state index in [4.69, 9.17) is 12.2 Å². The molecule has 2 N–H and O–H groups in total. The predicted octanol–water partition coefficient (Wildman–Crippen LogP) is 9.51. The van der Waals surface area contributed by atoms with Crippen LogP contribution in [0.25, 0.3) is 17.2 Å². The van der Waals surface area contributed by atoms with Gasteiger partial charge in [0.05, 0.1) is 4.88 Å². The van der Waals surface area contributed by atoms with Crippen molar-refractivity contribution in [3.8, 4) is 5.88 Å². The molecule has 224 valence electrons. The van der Waals surface area contributed by atoms with Gasteiger partial charge in [-0.25, -0.2) is 0 Å². The molecule has 2 aliphatic rings. The Morgan fingerprint density at radius 1 is 0.911 bits per heavy atom. The highest BCUT2D eigenvalue weighted by Gasteiger charge is 2.42. The van der Waals surface area contributed by atoms with Crippen LogP contribution in [-0.4, -0.2) is 26.8 Å². The normalized spacial score (nSPS) is 16.7. The molecule has 4 aromatic carbocycles. The number of aliphatic carboxylic acids is 1. The van der Waals surface area contributed by atoms with Crippen LogP contribution >= 0.6 is 23.6 Å². The van der Waals surface area contributed by atoms with Crippen molar-refractivity contribution in [2.45, 2.75) is 37.8 Å². The van der Waals surface area contributed by atoms with Crippen LogP contribution in [0.4, 0.5) is 11.4 Å². The van der Waals surface area contributed by atoms with Gasteiger partial charge in [-0.05, 0) is 94.4 Å². The van der Waals surface area contributed by atoms with Crippen molar-refractivity contribution in [2.24, 2.45) is 0 Å². The third-order valence-electron chi connectivity index (χ3n) is 8.93. The summed E-state index contributed by atoms with van der Waals surface area (Å²) in [5.74, 6) is -0.785. The molecular formula is C38H32N2O3S2. The molecule has 2 unspecified atom stereocenters. The first-order valence-corrected chi connectivity index (χ1v) is 16.3. The van der Waals surface area contributed by atoms with Crippen molar-refractivity contribution in [2.75, 3.05) is 4.90 Å². The lowest BCUT2D eigenvalue weighted by atomic mass is 9.94. The number of rotatable bonds is 8. The van der Waals surface area contributed by atoms with Gasteiger partial charge in [-0.1, -0.05) is 91.9 Å². The van der Waals surface area contributed by atoms with Crippen LogP contribution in [0, 0.1) is 3.95 Å². The van der Waals surface area contributed by atoms with E-state index < -0.39 is 5.97 Å². The number of carboxylic acid groups (broad SMARTS) is 1. The van der Waals surface area contributed by atoms with Gasteiger partial charge >= 0.3 is 5.97 Å². The number of carbonyl (C=O) groups is 1. The van der Waals surface area contributed by atoms with Gasteiger partial charge in [0.1, 0.15) is 6.54 Å². The standard InChI is InChI=1S/C38H32N2O3S2/c1-24(36-37(43)39(23-35(41)42)38(44)45-36)28-17-20-34-32(22-28)30-13-8-14-33(30)40(34)29-18-15-25(16-19-29)21-31(26-9-4-2-5-10-26)27-11-6-3-7-12-27/h2-7,9-12,15-22,30,33,43H,1,8,13-14,23H2,(H,41,42). The summed E-state index contributed by atoms with van der Waals surface area (Å²) in [7, 11) is 0. The lowest BCUT2D eigenvalue weighted by Crippen LogP contribution is -2.26. The van der Waals surface area contributed by atoms with Crippen LogP contribution in [-0.2, 0) is 11.3 Å². The van der Waals surface area contributed by atoms with E-state index in [1.807, 2.05) is 18.2 Å². The number of anilines is 2. The minimum atomic E-state index is -1.06. The third-order valence-corrected chi connectivity index (χ3v) is 10.4. The molecule has 0 amide bonds. The third kappa shape index (κ3) is 5.43. The molecule has 7 heteroatoms. The maximum absolute atomic E-state index is 11.3. The largest absolute Gasteiger partial charge is 0.493 e. The van der Waals surface area contributed by atoms with Crippen LogP contribution in [0.3, 0.4) is 0 Å². The second-order valence-electron chi connectivity index (χ2n) is 11.6. The number of benzene rings is 4. The SMILES string of the molecule is C=C(c1ccc2c(c1)C1CCCC1N2c1ccc(C=C(c2ccccc2)c2ccccc2)cc1)c1sc(=S)n(CC(=O)O)c1O. The molecule has 7 rings (SSSR count). The van der Waals surface area contributed by atoms with E-state index in [-0.39, 0.29) is 12.4 Å². The van der Waals surface area contributed by atoms with Crippen molar-refractivity contribution < 1.29 is 15.0 Å². The number of thiazole rings is 1. The summed E-state index contributed by atoms with van der Waals surface area (Å²) < 4.78 is 1.55. The Kier molecular flexibility index (Phi) is 7.73. The van der Waals surface area contributed by atoms with Gasteiger partial charge in [0.15, 0.2) is 3.95 Å². The summed E-state index contributed by atoms with van der Waals surface area (Å²) in [5, 5.41) is 20.0. The average Bonchev–Trinajstić information content (AvgIpc) is 3.74. The molecule has 2 atom stereocenters. The maximum Gasteiger partial charge on any atom is 0.323 e. The summed E-state index contributed by atoms with van der Waals surface area (Å²) in [4.78, 5) is 14.3. The van der Waals surface area contributed by atoms with Crippen molar-refractivity contribution in [1.82, 2.24) is 4.57 Å². The summed E-state index contributed by atoms with van der Waals surface area (Å²) in [6, 6.07) is 36.7. The number of nitrogens with zero attached hydrogens (tertiary/aromatic N) is 2. The van der Waals surface area contributed by atoms with E-state index in [0.29, 0.717) is 26.4 Å². The fourth-order valence-corrected chi connectivity index (χ4v) is 8.13. The number of aromatic hydroxyl groups is 1. The molecule has 1 fully saturated rings. The van der Waals surface area contributed by atoms with Gasteiger partial charge in [0.2, 0.25) is 5.88 Å². The Morgan fingerprint density at radius 3 is 2.22 bits per heavy atom. The Bertz CT molecular complexity index is 1950. The molecule has 0 radical (unpaired) electrons. The topological polar surface area (TPSA) is 65.7 Å². The fourth-order valence-electron chi connectivity index (χ4n) is 6.85. The van der Waals surface area contributed by atoms with Crippen LogP contribution in [0.15, 0.2) is 110 Å². The van der Waals surface area contributed by atoms with Crippen LogP contribution < -0.4 is 4.90 Å². The Hall–Kier alpha value is -4.72. The van der Waals surface area contributed by atoms with E-state index in [0.717, 1.165) is 24.0 Å². The highest BCUT2D eigenvalue weighted by molar-refractivity contribution is 7.73. The zero-order valence-corrected chi connectivity index (χ0v) is 26.2. The first kappa shape index (κ1) is 29.0. The maximum atomic E-state index is 11.3. The minimum absolute atomic E-state index is 0.143. The highest BCUT2D eigenvalue weighted by Crippen LogP contribution is 2.53. The van der Waals surface area contributed by atoms with E-state index in [2.05, 4.69) is 102 Å². The average molecular weight is 629 g/mol. The van der Waals surface area contributed by atoms with Crippen molar-refractivity contribution in [1.29, 1.82) is 0 Å². The monoisotopic (exact) mass is 628 g/mol. The molecule has 0 bridgehead atoms. The molecule has 1 aromatic heterocycles. The Balaban J connectivity index is 1.21. The number of hydrogen-bond acceptors (Lipinski definition) is 5. The van der Waals surface area contributed by atoms with Crippen molar-refractivity contribution in [3.05, 3.63) is 146 Å². The fraction of sp³-hybridized carbons (Fsp3) is 0.158. The zero-order chi connectivity index (χ0) is 31.1. The Morgan fingerprint density at radius 2 is 1.58 bits per heavy atom. The lowest BCUT2D eigenvalue weighted by molar-refractivity contribution is -0.137. The number of fused-ring (bicyclic) bond motifs is 3. The van der Waals surface area contributed by atoms with Gasteiger partial charge in [-0.15, -0.1) is 11.3 Å². The van der Waals surface area contributed by atoms with E-state index >= 15 is 0 Å². The molecular weight excluding hydrogens is 597 g/mol. The van der Waals surface area contributed by atoms with Crippen LogP contribution in [0.2, 0.25) is 0 Å².